The van der Waals surface area contributed by atoms with Gasteiger partial charge in [-0.2, -0.15) is 0 Å². The van der Waals surface area contributed by atoms with Crippen molar-refractivity contribution in [2.24, 2.45) is 0 Å². The zero-order chi connectivity index (χ0) is 16.2. The molecule has 22 heavy (non-hydrogen) atoms. The van der Waals surface area contributed by atoms with E-state index in [2.05, 4.69) is 48.1 Å². The molecule has 0 aliphatic heterocycles. The van der Waals surface area contributed by atoms with E-state index < -0.39 is 0 Å². The highest BCUT2D eigenvalue weighted by atomic mass is 79.9. The zero-order valence-electron chi connectivity index (χ0n) is 13.1. The quantitative estimate of drug-likeness (QED) is 0.730. The summed E-state index contributed by atoms with van der Waals surface area (Å²) in [7, 11) is 0. The van der Waals surface area contributed by atoms with Gasteiger partial charge in [-0.1, -0.05) is 39.7 Å². The van der Waals surface area contributed by atoms with Gasteiger partial charge in [0.2, 0.25) is 0 Å². The van der Waals surface area contributed by atoms with Gasteiger partial charge < -0.3 is 10.1 Å². The Hall–Kier alpha value is -1.03. The maximum atomic E-state index is 5.98. The molecule has 0 saturated heterocycles. The average Bonchev–Trinajstić information content (AvgIpc) is 2.45. The normalized spacial score (nSPS) is 11.5. The third kappa shape index (κ3) is 5.64. The lowest BCUT2D eigenvalue weighted by atomic mass is 10.1. The molecule has 0 aliphatic carbocycles. The van der Waals surface area contributed by atoms with E-state index in [4.69, 9.17) is 16.3 Å². The summed E-state index contributed by atoms with van der Waals surface area (Å²) in [5, 5.41) is 4.23. The van der Waals surface area contributed by atoms with Crippen molar-refractivity contribution in [2.75, 3.05) is 0 Å². The van der Waals surface area contributed by atoms with E-state index in [0.717, 1.165) is 32.9 Å². The van der Waals surface area contributed by atoms with Gasteiger partial charge in [0.1, 0.15) is 12.4 Å². The Kier molecular flexibility index (Phi) is 5.90. The summed E-state index contributed by atoms with van der Waals surface area (Å²) in [5.74, 6) is 0.898. The van der Waals surface area contributed by atoms with Gasteiger partial charge in [-0.3, -0.25) is 0 Å². The Labute approximate surface area is 146 Å². The molecule has 0 atom stereocenters. The fourth-order valence-electron chi connectivity index (χ4n) is 1.93. The van der Waals surface area contributed by atoms with E-state index in [1.165, 1.54) is 0 Å². The van der Waals surface area contributed by atoms with E-state index in [0.29, 0.717) is 6.61 Å². The van der Waals surface area contributed by atoms with Crippen molar-refractivity contribution in [1.82, 2.24) is 5.32 Å². The number of benzene rings is 2. The first kappa shape index (κ1) is 17.3. The Bertz CT molecular complexity index is 620. The van der Waals surface area contributed by atoms with Crippen molar-refractivity contribution in [3.63, 3.8) is 0 Å². The highest BCUT2D eigenvalue weighted by molar-refractivity contribution is 9.10. The summed E-state index contributed by atoms with van der Waals surface area (Å²) in [6.45, 7) is 7.75. The molecule has 2 rings (SSSR count). The SMILES string of the molecule is CC(C)(C)NCc1cc(Br)ccc1OCc1ccc(Cl)cc1. The van der Waals surface area contributed by atoms with E-state index in [-0.39, 0.29) is 5.54 Å². The van der Waals surface area contributed by atoms with Crippen molar-refractivity contribution < 1.29 is 4.74 Å². The van der Waals surface area contributed by atoms with Crippen LogP contribution in [0.5, 0.6) is 5.75 Å². The molecule has 2 aromatic rings. The smallest absolute Gasteiger partial charge is 0.124 e. The van der Waals surface area contributed by atoms with Gasteiger partial charge in [0, 0.05) is 27.1 Å². The molecular formula is C18H21BrClNO. The minimum atomic E-state index is 0.0652. The third-order valence-corrected chi connectivity index (χ3v) is 3.88. The van der Waals surface area contributed by atoms with Gasteiger partial charge in [-0.05, 0) is 56.7 Å². The molecule has 0 spiro atoms. The van der Waals surface area contributed by atoms with Crippen LogP contribution in [0, 0.1) is 0 Å². The monoisotopic (exact) mass is 381 g/mol. The molecule has 0 saturated carbocycles. The lowest BCUT2D eigenvalue weighted by Gasteiger charge is -2.22. The second-order valence-electron chi connectivity index (χ2n) is 6.27. The van der Waals surface area contributed by atoms with Crippen LogP contribution in [-0.2, 0) is 13.2 Å². The highest BCUT2D eigenvalue weighted by Gasteiger charge is 2.11. The van der Waals surface area contributed by atoms with E-state index in [9.17, 15) is 0 Å². The first-order valence-corrected chi connectivity index (χ1v) is 8.41. The van der Waals surface area contributed by atoms with Crippen LogP contribution in [0.4, 0.5) is 0 Å². The minimum absolute atomic E-state index is 0.0652. The zero-order valence-corrected chi connectivity index (χ0v) is 15.5. The van der Waals surface area contributed by atoms with E-state index >= 15 is 0 Å². The van der Waals surface area contributed by atoms with Crippen molar-refractivity contribution in [2.45, 2.75) is 39.5 Å². The standard InChI is InChI=1S/C18H21BrClNO/c1-18(2,3)21-11-14-10-15(19)6-9-17(14)22-12-13-4-7-16(20)8-5-13/h4-10,21H,11-12H2,1-3H3. The predicted octanol–water partition coefficient (Wildman–Crippen LogP) is 5.57. The number of hydrogen-bond acceptors (Lipinski definition) is 2. The summed E-state index contributed by atoms with van der Waals surface area (Å²) in [5.41, 5.74) is 2.30. The summed E-state index contributed by atoms with van der Waals surface area (Å²) in [6.07, 6.45) is 0. The Morgan fingerprint density at radius 2 is 1.77 bits per heavy atom. The van der Waals surface area contributed by atoms with Crippen LogP contribution in [0.25, 0.3) is 0 Å². The number of rotatable bonds is 5. The number of ether oxygens (including phenoxy) is 1. The first-order chi connectivity index (χ1) is 10.3. The topological polar surface area (TPSA) is 21.3 Å². The van der Waals surface area contributed by atoms with Crippen molar-refractivity contribution >= 4 is 27.5 Å². The fourth-order valence-corrected chi connectivity index (χ4v) is 2.46. The van der Waals surface area contributed by atoms with Crippen LogP contribution >= 0.6 is 27.5 Å². The number of hydrogen-bond donors (Lipinski definition) is 1. The molecule has 0 amide bonds. The predicted molar refractivity (Wildman–Crippen MR) is 96.5 cm³/mol. The van der Waals surface area contributed by atoms with Crippen LogP contribution < -0.4 is 10.1 Å². The van der Waals surface area contributed by atoms with Gasteiger partial charge >= 0.3 is 0 Å². The Morgan fingerprint density at radius 1 is 1.09 bits per heavy atom. The molecule has 2 nitrogen and oxygen atoms in total. The summed E-state index contributed by atoms with van der Waals surface area (Å²) in [6, 6.07) is 13.8. The molecule has 0 aliphatic rings. The Balaban J connectivity index is 2.07. The van der Waals surface area contributed by atoms with Crippen molar-refractivity contribution in [3.05, 3.63) is 63.1 Å². The average molecular weight is 383 g/mol. The molecule has 0 radical (unpaired) electrons. The van der Waals surface area contributed by atoms with Crippen LogP contribution in [0.15, 0.2) is 46.9 Å². The highest BCUT2D eigenvalue weighted by Crippen LogP contribution is 2.25. The molecule has 0 fully saturated rings. The third-order valence-electron chi connectivity index (χ3n) is 3.14. The molecule has 1 N–H and O–H groups in total. The summed E-state index contributed by atoms with van der Waals surface area (Å²) >= 11 is 9.42. The lowest BCUT2D eigenvalue weighted by Crippen LogP contribution is -2.35. The van der Waals surface area contributed by atoms with Crippen LogP contribution in [0.2, 0.25) is 5.02 Å². The molecule has 118 valence electrons. The molecular weight excluding hydrogens is 362 g/mol. The fraction of sp³-hybridized carbons (Fsp3) is 0.333. The van der Waals surface area contributed by atoms with Crippen molar-refractivity contribution in [3.8, 4) is 5.75 Å². The van der Waals surface area contributed by atoms with E-state index in [1.54, 1.807) is 0 Å². The van der Waals surface area contributed by atoms with Crippen molar-refractivity contribution in [1.29, 1.82) is 0 Å². The maximum Gasteiger partial charge on any atom is 0.124 e. The summed E-state index contributed by atoms with van der Waals surface area (Å²) in [4.78, 5) is 0. The minimum Gasteiger partial charge on any atom is -0.489 e. The van der Waals surface area contributed by atoms with E-state index in [1.807, 2.05) is 36.4 Å². The molecule has 4 heteroatoms. The van der Waals surface area contributed by atoms with Crippen LogP contribution in [0.1, 0.15) is 31.9 Å². The van der Waals surface area contributed by atoms with Crippen LogP contribution in [-0.4, -0.2) is 5.54 Å². The molecule has 2 aromatic carbocycles. The molecule has 0 heterocycles. The second kappa shape index (κ2) is 7.49. The van der Waals surface area contributed by atoms with Gasteiger partial charge in [-0.25, -0.2) is 0 Å². The number of halogens is 2. The Morgan fingerprint density at radius 3 is 2.41 bits per heavy atom. The van der Waals surface area contributed by atoms with Gasteiger partial charge in [0.25, 0.3) is 0 Å². The maximum absolute atomic E-state index is 5.98. The second-order valence-corrected chi connectivity index (χ2v) is 7.62. The van der Waals surface area contributed by atoms with Gasteiger partial charge in [0.15, 0.2) is 0 Å². The largest absolute Gasteiger partial charge is 0.489 e. The number of nitrogens with one attached hydrogen (secondary N) is 1. The summed E-state index contributed by atoms with van der Waals surface area (Å²) < 4.78 is 7.03. The van der Waals surface area contributed by atoms with Gasteiger partial charge in [0.05, 0.1) is 0 Å². The molecule has 0 unspecified atom stereocenters. The lowest BCUT2D eigenvalue weighted by molar-refractivity contribution is 0.300. The first-order valence-electron chi connectivity index (χ1n) is 7.24. The molecule has 0 aromatic heterocycles. The molecule has 0 bridgehead atoms. The van der Waals surface area contributed by atoms with Gasteiger partial charge in [-0.15, -0.1) is 0 Å². The van der Waals surface area contributed by atoms with Crippen LogP contribution in [0.3, 0.4) is 0 Å².